The van der Waals surface area contributed by atoms with Crippen molar-refractivity contribution in [1.82, 2.24) is 9.97 Å². The maximum absolute atomic E-state index is 6.08. The lowest BCUT2D eigenvalue weighted by Crippen LogP contribution is -2.19. The maximum Gasteiger partial charge on any atom is 0.137 e. The third-order valence-electron chi connectivity index (χ3n) is 3.56. The number of hydrogen-bond donors (Lipinski definition) is 1. The average Bonchev–Trinajstić information content (AvgIpc) is 2.58. The third kappa shape index (κ3) is 2.89. The summed E-state index contributed by atoms with van der Waals surface area (Å²) in [5.41, 5.74) is 1.47. The highest BCUT2D eigenvalue weighted by molar-refractivity contribution is 6.30. The van der Waals surface area contributed by atoms with E-state index < -0.39 is 0 Å². The van der Waals surface area contributed by atoms with Crippen LogP contribution in [0.25, 0.3) is 0 Å². The molecule has 1 aromatic rings. The van der Waals surface area contributed by atoms with Gasteiger partial charge in [-0.15, -0.1) is 0 Å². The Hall–Kier alpha value is -0.830. The highest BCUT2D eigenvalue weighted by Crippen LogP contribution is 2.38. The van der Waals surface area contributed by atoms with E-state index in [2.05, 4.69) is 36.1 Å². The first-order valence-corrected chi connectivity index (χ1v) is 6.65. The van der Waals surface area contributed by atoms with Crippen LogP contribution in [0.2, 0.25) is 5.15 Å². The lowest BCUT2D eigenvalue weighted by molar-refractivity contribution is 0.378. The second kappa shape index (κ2) is 4.81. The van der Waals surface area contributed by atoms with Crippen molar-refractivity contribution in [2.75, 3.05) is 5.32 Å². The molecule has 0 bridgehead atoms. The smallest absolute Gasteiger partial charge is 0.137 e. The van der Waals surface area contributed by atoms with Gasteiger partial charge in [-0.1, -0.05) is 32.4 Å². The van der Waals surface area contributed by atoms with Gasteiger partial charge in [0.25, 0.3) is 0 Å². The Morgan fingerprint density at radius 2 is 2.24 bits per heavy atom. The third-order valence-corrected chi connectivity index (χ3v) is 3.88. The normalized spacial score (nSPS) is 22.7. The molecule has 1 aliphatic rings. The fraction of sp³-hybridized carbons (Fsp3) is 0.692. The molecule has 0 aliphatic heterocycles. The summed E-state index contributed by atoms with van der Waals surface area (Å²) in [7, 11) is 0. The minimum atomic E-state index is 0.445. The molecule has 1 fully saturated rings. The minimum absolute atomic E-state index is 0.445. The SMILES string of the molecule is CCc1c(Cl)ncnc1NC1CCC(C)(C)C1. The summed E-state index contributed by atoms with van der Waals surface area (Å²) in [6, 6.07) is 0.515. The Bertz CT molecular complexity index is 404. The first kappa shape index (κ1) is 12.6. The van der Waals surface area contributed by atoms with Crippen molar-refractivity contribution in [1.29, 1.82) is 0 Å². The zero-order valence-corrected chi connectivity index (χ0v) is 11.5. The molecule has 1 atom stereocenters. The van der Waals surface area contributed by atoms with Crippen LogP contribution in [-0.4, -0.2) is 16.0 Å². The standard InChI is InChI=1S/C13H20ClN3/c1-4-10-11(14)15-8-16-12(10)17-9-5-6-13(2,3)7-9/h8-9H,4-7H2,1-3H3,(H,15,16,17). The first-order chi connectivity index (χ1) is 8.02. The predicted molar refractivity (Wildman–Crippen MR) is 71.5 cm³/mol. The molecule has 0 aromatic carbocycles. The molecule has 94 valence electrons. The Kier molecular flexibility index (Phi) is 3.57. The highest BCUT2D eigenvalue weighted by Gasteiger charge is 2.31. The van der Waals surface area contributed by atoms with Gasteiger partial charge in [-0.05, 0) is 31.1 Å². The van der Waals surface area contributed by atoms with Gasteiger partial charge in [-0.25, -0.2) is 9.97 Å². The van der Waals surface area contributed by atoms with Crippen LogP contribution in [0.4, 0.5) is 5.82 Å². The van der Waals surface area contributed by atoms with Gasteiger partial charge in [-0.3, -0.25) is 0 Å². The van der Waals surface area contributed by atoms with Gasteiger partial charge < -0.3 is 5.32 Å². The van der Waals surface area contributed by atoms with Gasteiger partial charge in [-0.2, -0.15) is 0 Å². The second-order valence-electron chi connectivity index (χ2n) is 5.59. The highest BCUT2D eigenvalue weighted by atomic mass is 35.5. The first-order valence-electron chi connectivity index (χ1n) is 6.28. The van der Waals surface area contributed by atoms with Crippen molar-refractivity contribution in [3.8, 4) is 0 Å². The summed E-state index contributed by atoms with van der Waals surface area (Å²) >= 11 is 6.08. The summed E-state index contributed by atoms with van der Waals surface area (Å²) < 4.78 is 0. The summed E-state index contributed by atoms with van der Waals surface area (Å²) in [5, 5.41) is 4.09. The van der Waals surface area contributed by atoms with Gasteiger partial charge in [0.15, 0.2) is 0 Å². The quantitative estimate of drug-likeness (QED) is 0.835. The van der Waals surface area contributed by atoms with Crippen molar-refractivity contribution in [3.05, 3.63) is 17.0 Å². The van der Waals surface area contributed by atoms with Crippen LogP contribution in [-0.2, 0) is 6.42 Å². The maximum atomic E-state index is 6.08. The van der Waals surface area contributed by atoms with E-state index in [4.69, 9.17) is 11.6 Å². The van der Waals surface area contributed by atoms with Gasteiger partial charge in [0.05, 0.1) is 0 Å². The second-order valence-corrected chi connectivity index (χ2v) is 5.95. The van der Waals surface area contributed by atoms with Gasteiger partial charge in [0.2, 0.25) is 0 Å². The van der Waals surface area contributed by atoms with Crippen molar-refractivity contribution in [3.63, 3.8) is 0 Å². The van der Waals surface area contributed by atoms with Crippen molar-refractivity contribution in [2.24, 2.45) is 5.41 Å². The number of anilines is 1. The number of nitrogens with zero attached hydrogens (tertiary/aromatic N) is 2. The molecule has 0 spiro atoms. The summed E-state index contributed by atoms with van der Waals surface area (Å²) in [6.07, 6.45) is 6.06. The molecule has 2 rings (SSSR count). The zero-order valence-electron chi connectivity index (χ0n) is 10.8. The van der Waals surface area contributed by atoms with E-state index in [1.165, 1.54) is 25.6 Å². The molecule has 1 unspecified atom stereocenters. The van der Waals surface area contributed by atoms with E-state index in [1.807, 2.05) is 0 Å². The van der Waals surface area contributed by atoms with Crippen molar-refractivity contribution >= 4 is 17.4 Å². The van der Waals surface area contributed by atoms with Gasteiger partial charge in [0.1, 0.15) is 17.3 Å². The number of hydrogen-bond acceptors (Lipinski definition) is 3. The number of aromatic nitrogens is 2. The fourth-order valence-corrected chi connectivity index (χ4v) is 2.85. The molecule has 1 aliphatic carbocycles. The fourth-order valence-electron chi connectivity index (χ4n) is 2.58. The molecule has 1 heterocycles. The van der Waals surface area contributed by atoms with E-state index in [0.717, 1.165) is 17.8 Å². The lowest BCUT2D eigenvalue weighted by atomic mass is 9.92. The van der Waals surface area contributed by atoms with E-state index in [9.17, 15) is 0 Å². The van der Waals surface area contributed by atoms with E-state index in [1.54, 1.807) is 0 Å². The van der Waals surface area contributed by atoms with Crippen molar-refractivity contribution in [2.45, 2.75) is 52.5 Å². The van der Waals surface area contributed by atoms with Crippen LogP contribution in [0.1, 0.15) is 45.6 Å². The van der Waals surface area contributed by atoms with Crippen LogP contribution >= 0.6 is 11.6 Å². The minimum Gasteiger partial charge on any atom is -0.367 e. The predicted octanol–water partition coefficient (Wildman–Crippen LogP) is 3.68. The molecule has 1 N–H and O–H groups in total. The Labute approximate surface area is 108 Å². The van der Waals surface area contributed by atoms with E-state index in [-0.39, 0.29) is 0 Å². The van der Waals surface area contributed by atoms with Crippen molar-refractivity contribution < 1.29 is 0 Å². The molecule has 17 heavy (non-hydrogen) atoms. The Morgan fingerprint density at radius 1 is 1.47 bits per heavy atom. The number of halogens is 1. The monoisotopic (exact) mass is 253 g/mol. The Balaban J connectivity index is 2.12. The van der Waals surface area contributed by atoms with Crippen LogP contribution in [0, 0.1) is 5.41 Å². The molecule has 1 saturated carbocycles. The molecular weight excluding hydrogens is 234 g/mol. The molecule has 4 heteroatoms. The number of nitrogens with one attached hydrogen (secondary N) is 1. The molecule has 0 radical (unpaired) electrons. The van der Waals surface area contributed by atoms with Crippen LogP contribution in [0.3, 0.4) is 0 Å². The molecule has 3 nitrogen and oxygen atoms in total. The van der Waals surface area contributed by atoms with Crippen LogP contribution < -0.4 is 5.32 Å². The molecular formula is C13H20ClN3. The van der Waals surface area contributed by atoms with Crippen LogP contribution in [0.15, 0.2) is 6.33 Å². The molecule has 0 saturated heterocycles. The molecule has 0 amide bonds. The average molecular weight is 254 g/mol. The number of rotatable bonds is 3. The molecule has 1 aromatic heterocycles. The van der Waals surface area contributed by atoms with E-state index >= 15 is 0 Å². The zero-order chi connectivity index (χ0) is 12.5. The van der Waals surface area contributed by atoms with E-state index in [0.29, 0.717) is 16.6 Å². The largest absolute Gasteiger partial charge is 0.367 e. The summed E-state index contributed by atoms with van der Waals surface area (Å²) in [6.45, 7) is 6.72. The summed E-state index contributed by atoms with van der Waals surface area (Å²) in [5.74, 6) is 0.912. The van der Waals surface area contributed by atoms with Gasteiger partial charge >= 0.3 is 0 Å². The summed E-state index contributed by atoms with van der Waals surface area (Å²) in [4.78, 5) is 8.34. The van der Waals surface area contributed by atoms with Gasteiger partial charge in [0, 0.05) is 11.6 Å². The Morgan fingerprint density at radius 3 is 2.82 bits per heavy atom. The lowest BCUT2D eigenvalue weighted by Gasteiger charge is -2.19. The van der Waals surface area contributed by atoms with Crippen LogP contribution in [0.5, 0.6) is 0 Å². The topological polar surface area (TPSA) is 37.8 Å².